The van der Waals surface area contributed by atoms with Gasteiger partial charge in [-0.15, -0.1) is 0 Å². The van der Waals surface area contributed by atoms with E-state index in [0.29, 0.717) is 43.6 Å². The van der Waals surface area contributed by atoms with Gasteiger partial charge in [0, 0.05) is 69.0 Å². The van der Waals surface area contributed by atoms with E-state index in [2.05, 4.69) is 25.2 Å². The van der Waals surface area contributed by atoms with E-state index < -0.39 is 5.41 Å². The molecule has 2 aromatic heterocycles. The van der Waals surface area contributed by atoms with Gasteiger partial charge in [0.15, 0.2) is 0 Å². The van der Waals surface area contributed by atoms with Crippen molar-refractivity contribution < 1.29 is 9.59 Å². The number of anilines is 1. The molecule has 2 atom stereocenters. The summed E-state index contributed by atoms with van der Waals surface area (Å²) in [7, 11) is 0. The van der Waals surface area contributed by atoms with Crippen molar-refractivity contribution in [1.29, 1.82) is 0 Å². The minimum atomic E-state index is -0.526. The van der Waals surface area contributed by atoms with Gasteiger partial charge in [-0.3, -0.25) is 14.6 Å². The molecule has 0 radical (unpaired) electrons. The Morgan fingerprint density at radius 3 is 2.61 bits per heavy atom. The van der Waals surface area contributed by atoms with Crippen LogP contribution in [0, 0.1) is 17.3 Å². The highest BCUT2D eigenvalue weighted by Gasteiger charge is 2.54. The highest BCUT2D eigenvalue weighted by molar-refractivity contribution is 5.94. The molecule has 4 heterocycles. The third-order valence-electron chi connectivity index (χ3n) is 6.94. The van der Waals surface area contributed by atoms with Gasteiger partial charge < -0.3 is 15.1 Å². The number of amides is 2. The number of carbonyl (C=O) groups is 2. The zero-order chi connectivity index (χ0) is 21.3. The molecule has 0 bridgehead atoms. The van der Waals surface area contributed by atoms with E-state index in [-0.39, 0.29) is 17.7 Å². The molecule has 0 spiro atoms. The van der Waals surface area contributed by atoms with Gasteiger partial charge in [-0.2, -0.15) is 0 Å². The molecule has 8 nitrogen and oxygen atoms in total. The first-order valence-corrected chi connectivity index (χ1v) is 11.2. The van der Waals surface area contributed by atoms with Crippen molar-refractivity contribution in [3.63, 3.8) is 0 Å². The summed E-state index contributed by atoms with van der Waals surface area (Å²) in [5, 5.41) is 3.23. The number of likely N-dealkylation sites (tertiary alicyclic amines) is 1. The minimum Gasteiger partial charge on any atom is -0.355 e. The van der Waals surface area contributed by atoms with E-state index in [1.165, 1.54) is 12.8 Å². The fourth-order valence-electron chi connectivity index (χ4n) is 5.01. The number of carbonyl (C=O) groups excluding carboxylic acids is 2. The van der Waals surface area contributed by atoms with E-state index in [1.54, 1.807) is 43.0 Å². The van der Waals surface area contributed by atoms with Gasteiger partial charge in [-0.1, -0.05) is 0 Å². The molecule has 162 valence electrons. The highest BCUT2D eigenvalue weighted by atomic mass is 16.2. The Hall–Kier alpha value is -3.03. The molecule has 3 aliphatic rings. The number of aromatic nitrogens is 3. The van der Waals surface area contributed by atoms with Crippen molar-refractivity contribution in [3.8, 4) is 0 Å². The summed E-state index contributed by atoms with van der Waals surface area (Å²) in [4.78, 5) is 43.5. The maximum absolute atomic E-state index is 13.5. The molecule has 1 saturated carbocycles. The lowest BCUT2D eigenvalue weighted by Crippen LogP contribution is -2.48. The first kappa shape index (κ1) is 19.9. The lowest BCUT2D eigenvalue weighted by molar-refractivity contribution is -0.132. The second kappa shape index (κ2) is 8.24. The number of fused-ring (bicyclic) bond motifs is 1. The molecule has 0 aromatic carbocycles. The molecule has 8 heteroatoms. The summed E-state index contributed by atoms with van der Waals surface area (Å²) < 4.78 is 0. The molecule has 31 heavy (non-hydrogen) atoms. The van der Waals surface area contributed by atoms with Crippen molar-refractivity contribution in [2.24, 2.45) is 17.3 Å². The third kappa shape index (κ3) is 3.98. The molecule has 2 aliphatic heterocycles. The lowest BCUT2D eigenvalue weighted by Gasteiger charge is -2.32. The summed E-state index contributed by atoms with van der Waals surface area (Å²) in [5.41, 5.74) is 0.114. The summed E-state index contributed by atoms with van der Waals surface area (Å²) in [5.74, 6) is 1.44. The van der Waals surface area contributed by atoms with Crippen molar-refractivity contribution in [1.82, 2.24) is 25.2 Å². The maximum Gasteiger partial charge on any atom is 0.253 e. The average molecular weight is 421 g/mol. The van der Waals surface area contributed by atoms with Crippen LogP contribution in [0.2, 0.25) is 0 Å². The van der Waals surface area contributed by atoms with Gasteiger partial charge in [0.1, 0.15) is 0 Å². The quantitative estimate of drug-likeness (QED) is 0.793. The van der Waals surface area contributed by atoms with Gasteiger partial charge in [0.2, 0.25) is 11.9 Å². The predicted octanol–water partition coefficient (Wildman–Crippen LogP) is 1.76. The van der Waals surface area contributed by atoms with Crippen LogP contribution in [0.3, 0.4) is 0 Å². The van der Waals surface area contributed by atoms with Crippen molar-refractivity contribution in [2.45, 2.75) is 25.7 Å². The van der Waals surface area contributed by atoms with Crippen LogP contribution in [0.4, 0.5) is 5.95 Å². The number of nitrogens with one attached hydrogen (secondary N) is 1. The Morgan fingerprint density at radius 2 is 1.87 bits per heavy atom. The van der Waals surface area contributed by atoms with Crippen LogP contribution in [0.1, 0.15) is 36.0 Å². The summed E-state index contributed by atoms with van der Waals surface area (Å²) in [6.45, 7) is 3.24. The minimum absolute atomic E-state index is 0.00556. The second-order valence-corrected chi connectivity index (χ2v) is 9.03. The zero-order valence-electron chi connectivity index (χ0n) is 17.6. The van der Waals surface area contributed by atoms with E-state index >= 15 is 0 Å². The highest BCUT2D eigenvalue weighted by Crippen LogP contribution is 2.44. The Labute approximate surface area is 182 Å². The van der Waals surface area contributed by atoms with E-state index in [1.807, 2.05) is 4.90 Å². The van der Waals surface area contributed by atoms with Gasteiger partial charge in [0.25, 0.3) is 5.91 Å². The lowest BCUT2D eigenvalue weighted by atomic mass is 9.74. The maximum atomic E-state index is 13.5. The zero-order valence-corrected chi connectivity index (χ0v) is 17.6. The fraction of sp³-hybridized carbons (Fsp3) is 0.522. The van der Waals surface area contributed by atoms with Crippen molar-refractivity contribution in [2.75, 3.05) is 37.6 Å². The van der Waals surface area contributed by atoms with E-state index in [0.717, 1.165) is 19.4 Å². The van der Waals surface area contributed by atoms with Crippen LogP contribution in [-0.4, -0.2) is 64.4 Å². The molecule has 1 N–H and O–H groups in total. The number of rotatable bonds is 5. The first-order valence-electron chi connectivity index (χ1n) is 11.2. The fourth-order valence-corrected chi connectivity index (χ4v) is 5.01. The van der Waals surface area contributed by atoms with Crippen molar-refractivity contribution >= 4 is 17.8 Å². The van der Waals surface area contributed by atoms with Gasteiger partial charge in [-0.25, -0.2) is 9.97 Å². The van der Waals surface area contributed by atoms with E-state index in [9.17, 15) is 9.59 Å². The number of pyridine rings is 1. The number of hydrogen-bond acceptors (Lipinski definition) is 6. The van der Waals surface area contributed by atoms with Crippen molar-refractivity contribution in [3.05, 3.63) is 48.5 Å². The molecular weight excluding hydrogens is 392 g/mol. The Kier molecular flexibility index (Phi) is 5.29. The van der Waals surface area contributed by atoms with Crippen LogP contribution >= 0.6 is 0 Å². The second-order valence-electron chi connectivity index (χ2n) is 9.03. The molecule has 0 unspecified atom stereocenters. The molecular formula is C23H28N6O2. The Bertz CT molecular complexity index is 936. The molecule has 3 fully saturated rings. The molecule has 1 aliphatic carbocycles. The first-order chi connectivity index (χ1) is 15.2. The predicted molar refractivity (Wildman–Crippen MR) is 115 cm³/mol. The molecule has 2 aromatic rings. The van der Waals surface area contributed by atoms with E-state index in [4.69, 9.17) is 0 Å². The largest absolute Gasteiger partial charge is 0.355 e. The SMILES string of the molecule is O=C(c1ccncc1)N1CCC[C@@]2(C(=O)NCC3CC3)CN(c3ncccn3)C[C@@H]2C1. The topological polar surface area (TPSA) is 91.3 Å². The standard InChI is InChI=1S/C23H28N6O2/c30-20(18-5-10-24-11-6-18)28-12-1-7-23(21(31)27-13-17-3-4-17)16-29(15-19(23)14-28)22-25-8-2-9-26-22/h2,5-6,8-11,17,19H,1,3-4,7,12-16H2,(H,27,31)/t19-,23+/m0/s1. The summed E-state index contributed by atoms with van der Waals surface area (Å²) in [6, 6.07) is 5.30. The van der Waals surface area contributed by atoms with Gasteiger partial charge in [-0.05, 0) is 49.8 Å². The summed E-state index contributed by atoms with van der Waals surface area (Å²) >= 11 is 0. The number of hydrogen-bond donors (Lipinski definition) is 1. The Balaban J connectivity index is 1.40. The number of nitrogens with zero attached hydrogens (tertiary/aromatic N) is 5. The molecule has 2 amide bonds. The van der Waals surface area contributed by atoms with Crippen LogP contribution in [0.5, 0.6) is 0 Å². The third-order valence-corrected chi connectivity index (χ3v) is 6.94. The molecule has 2 saturated heterocycles. The van der Waals surface area contributed by atoms with Gasteiger partial charge in [0.05, 0.1) is 5.41 Å². The van der Waals surface area contributed by atoms with Crippen LogP contribution in [-0.2, 0) is 4.79 Å². The smallest absolute Gasteiger partial charge is 0.253 e. The normalized spacial score (nSPS) is 25.6. The van der Waals surface area contributed by atoms with Gasteiger partial charge >= 0.3 is 0 Å². The van der Waals surface area contributed by atoms with Crippen LogP contribution in [0.25, 0.3) is 0 Å². The molecule has 5 rings (SSSR count). The Morgan fingerprint density at radius 1 is 1.10 bits per heavy atom. The average Bonchev–Trinajstić information content (AvgIpc) is 3.61. The van der Waals surface area contributed by atoms with Crippen LogP contribution < -0.4 is 10.2 Å². The van der Waals surface area contributed by atoms with Crippen LogP contribution in [0.15, 0.2) is 43.0 Å². The summed E-state index contributed by atoms with van der Waals surface area (Å²) in [6.07, 6.45) is 10.7. The monoisotopic (exact) mass is 420 g/mol.